The topological polar surface area (TPSA) is 74.1 Å². The monoisotopic (exact) mass is 410 g/mol. The van der Waals surface area contributed by atoms with Crippen LogP contribution in [0.1, 0.15) is 25.3 Å². The van der Waals surface area contributed by atoms with Crippen molar-refractivity contribution in [3.8, 4) is 0 Å². The molecule has 0 fully saturated rings. The first kappa shape index (κ1) is 19.3. The number of aliphatic imine (C=N–C) groups is 2. The Hall–Kier alpha value is -3.00. The van der Waals surface area contributed by atoms with Gasteiger partial charge in [-0.1, -0.05) is 49.4 Å². The van der Waals surface area contributed by atoms with Crippen LogP contribution in [0.25, 0.3) is 0 Å². The van der Waals surface area contributed by atoms with Gasteiger partial charge in [-0.2, -0.15) is 4.99 Å². The van der Waals surface area contributed by atoms with E-state index in [0.29, 0.717) is 23.1 Å². The number of para-hydroxylation sites is 2. The number of hydrogen-bond donors (Lipinski definition) is 1. The largest absolute Gasteiger partial charge is 0.323 e. The van der Waals surface area contributed by atoms with Gasteiger partial charge in [0.2, 0.25) is 5.91 Å². The number of nitrogens with zero attached hydrogens (tertiary/aromatic N) is 3. The Morgan fingerprint density at radius 2 is 1.93 bits per heavy atom. The molecule has 6 nitrogen and oxygen atoms in total. The van der Waals surface area contributed by atoms with Crippen molar-refractivity contribution in [1.29, 1.82) is 0 Å². The zero-order valence-electron chi connectivity index (χ0n) is 15.8. The van der Waals surface area contributed by atoms with E-state index in [9.17, 15) is 14.0 Å². The van der Waals surface area contributed by atoms with Crippen LogP contribution in [0.4, 0.5) is 15.8 Å². The first-order chi connectivity index (χ1) is 14.1. The van der Waals surface area contributed by atoms with Crippen molar-refractivity contribution in [3.05, 3.63) is 59.9 Å². The quantitative estimate of drug-likeness (QED) is 0.810. The van der Waals surface area contributed by atoms with E-state index >= 15 is 0 Å². The van der Waals surface area contributed by atoms with Crippen LogP contribution in [-0.2, 0) is 9.59 Å². The summed E-state index contributed by atoms with van der Waals surface area (Å²) in [5.74, 6) is -0.416. The molecule has 8 heteroatoms. The van der Waals surface area contributed by atoms with E-state index in [2.05, 4.69) is 15.3 Å². The Labute approximate surface area is 171 Å². The lowest BCUT2D eigenvalue weighted by Crippen LogP contribution is -2.43. The summed E-state index contributed by atoms with van der Waals surface area (Å²) in [5, 5.41) is 3.12. The fourth-order valence-corrected chi connectivity index (χ4v) is 4.18. The van der Waals surface area contributed by atoms with Crippen LogP contribution in [0.5, 0.6) is 0 Å². The molecule has 1 unspecified atom stereocenters. The minimum atomic E-state index is -0.489. The maximum atomic E-state index is 13.8. The summed E-state index contributed by atoms with van der Waals surface area (Å²) in [6.45, 7) is 2.01. The second-order valence-corrected chi connectivity index (χ2v) is 7.62. The van der Waals surface area contributed by atoms with Crippen LogP contribution >= 0.6 is 11.8 Å². The highest BCUT2D eigenvalue weighted by Crippen LogP contribution is 2.35. The SMILES string of the molecule is CCCC1C(=O)N=C2c3ccccc3N=C(SCC(=O)Nc3ccccc3F)N21. The fourth-order valence-electron chi connectivity index (χ4n) is 3.33. The standard InChI is InChI=1S/C21H19FN4O2S/c1-2-7-17-20(28)25-19-13-8-3-5-10-15(13)24-21(26(17)19)29-12-18(27)23-16-11-6-4-9-14(16)22/h3-6,8-11,17H,2,7,12H2,1H3,(H,23,27). The Bertz CT molecular complexity index is 1040. The molecule has 2 aromatic carbocycles. The number of carbonyl (C=O) groups excluding carboxylic acids is 2. The number of halogens is 1. The second kappa shape index (κ2) is 8.16. The molecule has 2 amide bonds. The summed E-state index contributed by atoms with van der Waals surface area (Å²) < 4.78 is 13.8. The molecule has 29 heavy (non-hydrogen) atoms. The van der Waals surface area contributed by atoms with Gasteiger partial charge in [-0.3, -0.25) is 14.5 Å². The zero-order chi connectivity index (χ0) is 20.4. The number of anilines is 1. The number of thioether (sulfide) groups is 1. The summed E-state index contributed by atoms with van der Waals surface area (Å²) in [7, 11) is 0. The number of hydrogen-bond acceptors (Lipinski definition) is 5. The Kier molecular flexibility index (Phi) is 5.44. The maximum Gasteiger partial charge on any atom is 0.270 e. The molecular weight excluding hydrogens is 391 g/mol. The van der Waals surface area contributed by atoms with E-state index in [1.165, 1.54) is 23.9 Å². The molecular formula is C21H19FN4O2S. The third kappa shape index (κ3) is 3.80. The summed E-state index contributed by atoms with van der Waals surface area (Å²) in [6.07, 6.45) is 1.47. The van der Waals surface area contributed by atoms with Gasteiger partial charge in [0.1, 0.15) is 17.7 Å². The Balaban J connectivity index is 1.56. The van der Waals surface area contributed by atoms with Crippen LogP contribution in [0, 0.1) is 5.82 Å². The maximum absolute atomic E-state index is 13.8. The molecule has 2 aromatic rings. The second-order valence-electron chi connectivity index (χ2n) is 6.68. The van der Waals surface area contributed by atoms with Gasteiger partial charge in [0.05, 0.1) is 17.1 Å². The van der Waals surface area contributed by atoms with Crippen molar-refractivity contribution in [2.45, 2.75) is 25.8 Å². The number of benzene rings is 2. The third-order valence-electron chi connectivity index (χ3n) is 4.65. The predicted molar refractivity (Wildman–Crippen MR) is 113 cm³/mol. The van der Waals surface area contributed by atoms with Gasteiger partial charge in [0, 0.05) is 5.56 Å². The van der Waals surface area contributed by atoms with Gasteiger partial charge < -0.3 is 5.32 Å². The first-order valence-corrected chi connectivity index (χ1v) is 10.3. The summed E-state index contributed by atoms with van der Waals surface area (Å²) >= 11 is 1.21. The van der Waals surface area contributed by atoms with Gasteiger partial charge in [-0.15, -0.1) is 0 Å². The fraction of sp³-hybridized carbons (Fsp3) is 0.238. The molecule has 0 bridgehead atoms. The van der Waals surface area contributed by atoms with Crippen molar-refractivity contribution >= 4 is 46.0 Å². The zero-order valence-corrected chi connectivity index (χ0v) is 16.6. The number of rotatable bonds is 5. The molecule has 1 atom stereocenters. The van der Waals surface area contributed by atoms with E-state index in [1.807, 2.05) is 36.1 Å². The highest BCUT2D eigenvalue weighted by molar-refractivity contribution is 8.14. The number of amides is 2. The van der Waals surface area contributed by atoms with E-state index in [4.69, 9.17) is 0 Å². The molecule has 0 saturated carbocycles. The molecule has 0 saturated heterocycles. The van der Waals surface area contributed by atoms with Crippen LogP contribution in [0.3, 0.4) is 0 Å². The van der Waals surface area contributed by atoms with Gasteiger partial charge in [0.25, 0.3) is 5.91 Å². The summed E-state index contributed by atoms with van der Waals surface area (Å²) in [6, 6.07) is 13.1. The normalized spacial score (nSPS) is 17.4. The Morgan fingerprint density at radius 1 is 1.17 bits per heavy atom. The van der Waals surface area contributed by atoms with E-state index in [-0.39, 0.29) is 23.3 Å². The van der Waals surface area contributed by atoms with Crippen molar-refractivity contribution in [2.75, 3.05) is 11.1 Å². The number of fused-ring (bicyclic) bond motifs is 3. The lowest BCUT2D eigenvalue weighted by molar-refractivity contribution is -0.119. The third-order valence-corrected chi connectivity index (χ3v) is 5.60. The molecule has 0 spiro atoms. The minimum Gasteiger partial charge on any atom is -0.323 e. The van der Waals surface area contributed by atoms with Crippen molar-refractivity contribution < 1.29 is 14.0 Å². The highest BCUT2D eigenvalue weighted by atomic mass is 32.2. The van der Waals surface area contributed by atoms with Crippen molar-refractivity contribution in [1.82, 2.24) is 4.90 Å². The highest BCUT2D eigenvalue weighted by Gasteiger charge is 2.41. The van der Waals surface area contributed by atoms with Crippen LogP contribution in [0.2, 0.25) is 0 Å². The smallest absolute Gasteiger partial charge is 0.270 e. The van der Waals surface area contributed by atoms with E-state index in [0.717, 1.165) is 12.0 Å². The molecule has 148 valence electrons. The van der Waals surface area contributed by atoms with E-state index < -0.39 is 11.9 Å². The minimum absolute atomic E-state index is 0.0339. The molecule has 2 aliphatic rings. The van der Waals surface area contributed by atoms with Gasteiger partial charge in [0.15, 0.2) is 5.17 Å². The van der Waals surface area contributed by atoms with Crippen LogP contribution < -0.4 is 5.32 Å². The molecule has 4 rings (SSSR count). The van der Waals surface area contributed by atoms with E-state index in [1.54, 1.807) is 12.1 Å². The molecule has 2 aliphatic heterocycles. The number of nitrogens with one attached hydrogen (secondary N) is 1. The summed E-state index contributed by atoms with van der Waals surface area (Å²) in [5.41, 5.74) is 1.65. The van der Waals surface area contributed by atoms with Gasteiger partial charge in [-0.05, 0) is 30.7 Å². The lowest BCUT2D eigenvalue weighted by Gasteiger charge is -2.30. The molecule has 0 aromatic heterocycles. The van der Waals surface area contributed by atoms with Crippen LogP contribution in [-0.4, -0.2) is 39.5 Å². The van der Waals surface area contributed by atoms with Crippen molar-refractivity contribution in [2.24, 2.45) is 9.98 Å². The van der Waals surface area contributed by atoms with Crippen LogP contribution in [0.15, 0.2) is 58.5 Å². The van der Waals surface area contributed by atoms with Crippen molar-refractivity contribution in [3.63, 3.8) is 0 Å². The lowest BCUT2D eigenvalue weighted by atomic mass is 10.1. The molecule has 2 heterocycles. The molecule has 0 radical (unpaired) electrons. The number of carbonyl (C=O) groups is 2. The predicted octanol–water partition coefficient (Wildman–Crippen LogP) is 3.96. The Morgan fingerprint density at radius 3 is 2.72 bits per heavy atom. The van der Waals surface area contributed by atoms with Gasteiger partial charge in [-0.25, -0.2) is 9.38 Å². The van der Waals surface area contributed by atoms with Gasteiger partial charge >= 0.3 is 0 Å². The average Bonchev–Trinajstić information content (AvgIpc) is 3.05. The first-order valence-electron chi connectivity index (χ1n) is 9.35. The number of amidine groups is 2. The average molecular weight is 410 g/mol. The summed E-state index contributed by atoms with van der Waals surface area (Å²) in [4.78, 5) is 35.6. The molecule has 1 N–H and O–H groups in total. The molecule has 0 aliphatic carbocycles.